The molecule has 92 valence electrons. The Hall–Kier alpha value is -0.570. The van der Waals surface area contributed by atoms with Gasteiger partial charge in [0.2, 0.25) is 0 Å². The third kappa shape index (κ3) is 2.76. The van der Waals surface area contributed by atoms with Crippen LogP contribution < -0.4 is 0 Å². The highest BCUT2D eigenvalue weighted by molar-refractivity contribution is 5.69. The molecule has 0 amide bonds. The number of hydrogen-bond acceptors (Lipinski definition) is 3. The number of carbonyl (C=O) groups excluding carboxylic acids is 1. The summed E-state index contributed by atoms with van der Waals surface area (Å²) in [6, 6.07) is 0. The molecule has 0 aromatic carbocycles. The van der Waals surface area contributed by atoms with Crippen molar-refractivity contribution in [3.8, 4) is 0 Å². The molecule has 0 spiro atoms. The van der Waals surface area contributed by atoms with Crippen LogP contribution in [0.2, 0.25) is 0 Å². The molecule has 3 heteroatoms. The second-order valence-corrected chi connectivity index (χ2v) is 5.16. The summed E-state index contributed by atoms with van der Waals surface area (Å²) in [6.45, 7) is 3.81. The number of esters is 1. The van der Waals surface area contributed by atoms with Gasteiger partial charge in [0, 0.05) is 6.42 Å². The Morgan fingerprint density at radius 1 is 1.38 bits per heavy atom. The quantitative estimate of drug-likeness (QED) is 0.534. The highest BCUT2D eigenvalue weighted by Crippen LogP contribution is 2.46. The summed E-state index contributed by atoms with van der Waals surface area (Å²) in [5.74, 6) is 1.45. The molecular formula is C13H22O3. The van der Waals surface area contributed by atoms with Crippen molar-refractivity contribution in [1.29, 1.82) is 0 Å². The molecule has 2 aliphatic rings. The number of rotatable bonds is 5. The van der Waals surface area contributed by atoms with Gasteiger partial charge in [-0.2, -0.15) is 0 Å². The van der Waals surface area contributed by atoms with Crippen LogP contribution in [-0.4, -0.2) is 18.4 Å². The fourth-order valence-corrected chi connectivity index (χ4v) is 3.08. The molecule has 2 rings (SSSR count). The Morgan fingerprint density at radius 3 is 2.75 bits per heavy atom. The van der Waals surface area contributed by atoms with Crippen molar-refractivity contribution in [3.63, 3.8) is 0 Å². The zero-order valence-electron chi connectivity index (χ0n) is 10.3. The topological polar surface area (TPSA) is 35.5 Å². The SMILES string of the molecule is CCCC(=O)OC(C)OC1CC2CCC1C2. The van der Waals surface area contributed by atoms with E-state index in [4.69, 9.17) is 9.47 Å². The minimum Gasteiger partial charge on any atom is -0.436 e. The fraction of sp³-hybridized carbons (Fsp3) is 0.923. The molecule has 2 bridgehead atoms. The summed E-state index contributed by atoms with van der Waals surface area (Å²) in [5.41, 5.74) is 0. The van der Waals surface area contributed by atoms with Crippen LogP contribution in [0.3, 0.4) is 0 Å². The molecule has 3 nitrogen and oxygen atoms in total. The van der Waals surface area contributed by atoms with Gasteiger partial charge in [0.25, 0.3) is 0 Å². The molecule has 2 aliphatic carbocycles. The maximum Gasteiger partial charge on any atom is 0.308 e. The zero-order chi connectivity index (χ0) is 11.5. The average molecular weight is 226 g/mol. The Bertz CT molecular complexity index is 252. The maximum atomic E-state index is 11.3. The van der Waals surface area contributed by atoms with Crippen molar-refractivity contribution < 1.29 is 14.3 Å². The molecule has 2 saturated carbocycles. The zero-order valence-corrected chi connectivity index (χ0v) is 10.3. The predicted molar refractivity (Wildman–Crippen MR) is 60.8 cm³/mol. The van der Waals surface area contributed by atoms with Crippen LogP contribution >= 0.6 is 0 Å². The number of fused-ring (bicyclic) bond motifs is 2. The van der Waals surface area contributed by atoms with E-state index in [-0.39, 0.29) is 12.3 Å². The Kier molecular flexibility index (Phi) is 3.85. The van der Waals surface area contributed by atoms with Gasteiger partial charge in [-0.3, -0.25) is 4.79 Å². The van der Waals surface area contributed by atoms with Crippen molar-refractivity contribution in [3.05, 3.63) is 0 Å². The molecule has 16 heavy (non-hydrogen) atoms. The van der Waals surface area contributed by atoms with Crippen molar-refractivity contribution in [2.24, 2.45) is 11.8 Å². The van der Waals surface area contributed by atoms with Crippen LogP contribution in [0.5, 0.6) is 0 Å². The summed E-state index contributed by atoms with van der Waals surface area (Å²) in [7, 11) is 0. The lowest BCUT2D eigenvalue weighted by atomic mass is 9.98. The third-order valence-corrected chi connectivity index (χ3v) is 3.79. The van der Waals surface area contributed by atoms with E-state index >= 15 is 0 Å². The number of ether oxygens (including phenoxy) is 2. The smallest absolute Gasteiger partial charge is 0.308 e. The first kappa shape index (κ1) is 11.9. The molecule has 0 N–H and O–H groups in total. The minimum absolute atomic E-state index is 0.141. The van der Waals surface area contributed by atoms with E-state index in [0.29, 0.717) is 12.5 Å². The van der Waals surface area contributed by atoms with E-state index in [1.807, 2.05) is 13.8 Å². The molecular weight excluding hydrogens is 204 g/mol. The minimum atomic E-state index is -0.372. The second kappa shape index (κ2) is 5.17. The van der Waals surface area contributed by atoms with Gasteiger partial charge >= 0.3 is 5.97 Å². The largest absolute Gasteiger partial charge is 0.436 e. The first-order valence-electron chi connectivity index (χ1n) is 6.54. The summed E-state index contributed by atoms with van der Waals surface area (Å²) in [4.78, 5) is 11.3. The van der Waals surface area contributed by atoms with Crippen molar-refractivity contribution in [2.75, 3.05) is 0 Å². The van der Waals surface area contributed by atoms with Crippen molar-refractivity contribution in [2.45, 2.75) is 64.8 Å². The summed E-state index contributed by atoms with van der Waals surface area (Å²) < 4.78 is 11.0. The van der Waals surface area contributed by atoms with Crippen LogP contribution in [0.1, 0.15) is 52.4 Å². The van der Waals surface area contributed by atoms with Crippen molar-refractivity contribution >= 4 is 5.97 Å². The van der Waals surface area contributed by atoms with Crippen molar-refractivity contribution in [1.82, 2.24) is 0 Å². The van der Waals surface area contributed by atoms with Gasteiger partial charge in [0.1, 0.15) is 0 Å². The molecule has 0 saturated heterocycles. The highest BCUT2D eigenvalue weighted by atomic mass is 16.7. The Labute approximate surface area is 97.5 Å². The van der Waals surface area contributed by atoms with Gasteiger partial charge in [-0.25, -0.2) is 0 Å². The lowest BCUT2D eigenvalue weighted by Crippen LogP contribution is -2.28. The Balaban J connectivity index is 1.71. The van der Waals surface area contributed by atoms with Crippen LogP contribution in [0.15, 0.2) is 0 Å². The first-order valence-corrected chi connectivity index (χ1v) is 6.54. The van der Waals surface area contributed by atoms with Gasteiger partial charge in [-0.05, 0) is 50.9 Å². The maximum absolute atomic E-state index is 11.3. The summed E-state index contributed by atoms with van der Waals surface area (Å²) >= 11 is 0. The van der Waals surface area contributed by atoms with Crippen LogP contribution in [0.25, 0.3) is 0 Å². The van der Waals surface area contributed by atoms with E-state index in [1.165, 1.54) is 25.7 Å². The van der Waals surface area contributed by atoms with Crippen LogP contribution in [-0.2, 0) is 14.3 Å². The van der Waals surface area contributed by atoms with Crippen LogP contribution in [0, 0.1) is 11.8 Å². The van der Waals surface area contributed by atoms with Gasteiger partial charge in [-0.1, -0.05) is 6.92 Å². The van der Waals surface area contributed by atoms with Gasteiger partial charge in [0.05, 0.1) is 6.10 Å². The van der Waals surface area contributed by atoms with E-state index < -0.39 is 0 Å². The highest BCUT2D eigenvalue weighted by Gasteiger charge is 2.41. The lowest BCUT2D eigenvalue weighted by Gasteiger charge is -2.25. The van der Waals surface area contributed by atoms with Gasteiger partial charge in [0.15, 0.2) is 6.29 Å². The summed E-state index contributed by atoms with van der Waals surface area (Å²) in [5, 5.41) is 0. The fourth-order valence-electron chi connectivity index (χ4n) is 3.08. The Morgan fingerprint density at radius 2 is 2.19 bits per heavy atom. The third-order valence-electron chi connectivity index (χ3n) is 3.79. The summed E-state index contributed by atoms with van der Waals surface area (Å²) in [6.07, 6.45) is 6.44. The molecule has 0 aromatic heterocycles. The molecule has 0 aliphatic heterocycles. The monoisotopic (exact) mass is 226 g/mol. The standard InChI is InChI=1S/C13H22O3/c1-3-4-13(14)16-9(2)15-12-8-10-5-6-11(12)7-10/h9-12H,3-8H2,1-2H3. The molecule has 2 fully saturated rings. The number of hydrogen-bond donors (Lipinski definition) is 0. The normalized spacial score (nSPS) is 34.0. The van der Waals surface area contributed by atoms with E-state index in [0.717, 1.165) is 18.3 Å². The van der Waals surface area contributed by atoms with Gasteiger partial charge in [-0.15, -0.1) is 0 Å². The molecule has 0 aromatic rings. The lowest BCUT2D eigenvalue weighted by molar-refractivity contribution is -0.189. The van der Waals surface area contributed by atoms with E-state index in [1.54, 1.807) is 0 Å². The number of carbonyl (C=O) groups is 1. The predicted octanol–water partition coefficient (Wildman–Crippen LogP) is 2.88. The molecule has 4 unspecified atom stereocenters. The van der Waals surface area contributed by atoms with Crippen LogP contribution in [0.4, 0.5) is 0 Å². The first-order chi connectivity index (χ1) is 7.69. The van der Waals surface area contributed by atoms with E-state index in [2.05, 4.69) is 0 Å². The average Bonchev–Trinajstić information content (AvgIpc) is 2.78. The molecule has 0 heterocycles. The second-order valence-electron chi connectivity index (χ2n) is 5.16. The molecule has 0 radical (unpaired) electrons. The van der Waals surface area contributed by atoms with E-state index in [9.17, 15) is 4.79 Å². The molecule has 4 atom stereocenters. The van der Waals surface area contributed by atoms with Gasteiger partial charge < -0.3 is 9.47 Å².